The van der Waals surface area contributed by atoms with Crippen molar-refractivity contribution < 1.29 is 27.7 Å². The normalized spacial score (nSPS) is 18.4. The summed E-state index contributed by atoms with van der Waals surface area (Å²) in [6, 6.07) is 33.8. The van der Waals surface area contributed by atoms with Gasteiger partial charge in [-0.25, -0.2) is 0 Å². The van der Waals surface area contributed by atoms with Crippen molar-refractivity contribution in [3.05, 3.63) is 137 Å². The third kappa shape index (κ3) is 9.20. The molecular weight excluding hydrogens is 546 g/mol. The first-order valence-electron chi connectivity index (χ1n) is 15.0. The number of halogens is 2. The van der Waals surface area contributed by atoms with Crippen LogP contribution in [0.2, 0.25) is 0 Å². The van der Waals surface area contributed by atoms with Crippen LogP contribution in [0.4, 0.5) is 8.78 Å². The summed E-state index contributed by atoms with van der Waals surface area (Å²) >= 11 is 0. The summed E-state index contributed by atoms with van der Waals surface area (Å²) in [5.41, 5.74) is 3.50. The van der Waals surface area contributed by atoms with Crippen LogP contribution < -0.4 is 4.74 Å². The summed E-state index contributed by atoms with van der Waals surface area (Å²) in [5, 5.41) is 0. The summed E-state index contributed by atoms with van der Waals surface area (Å²) in [6.45, 7) is 4.96. The zero-order chi connectivity index (χ0) is 30.5. The van der Waals surface area contributed by atoms with Gasteiger partial charge in [0.05, 0.1) is 39.1 Å². The maximum absolute atomic E-state index is 16.4. The summed E-state index contributed by atoms with van der Waals surface area (Å²) < 4.78 is 56.2. The third-order valence-electron chi connectivity index (χ3n) is 7.44. The molecule has 0 bridgehead atoms. The van der Waals surface area contributed by atoms with Crippen molar-refractivity contribution in [3.8, 4) is 5.75 Å². The number of rotatable bonds is 12. The predicted octanol–water partition coefficient (Wildman–Crippen LogP) is 8.75. The van der Waals surface area contributed by atoms with E-state index >= 15 is 8.78 Å². The maximum atomic E-state index is 16.4. The minimum Gasteiger partial charge on any atom is -0.497 e. The first-order valence-corrected chi connectivity index (χ1v) is 15.0. The highest BCUT2D eigenvalue weighted by Gasteiger charge is 2.48. The highest BCUT2D eigenvalue weighted by atomic mass is 19.3. The van der Waals surface area contributed by atoms with Gasteiger partial charge in [0.25, 0.3) is 5.92 Å². The molecular formula is C37H42F2O4. The van der Waals surface area contributed by atoms with Gasteiger partial charge in [0.15, 0.2) is 0 Å². The third-order valence-corrected chi connectivity index (χ3v) is 7.44. The zero-order valence-electron chi connectivity index (χ0n) is 25.3. The molecule has 3 unspecified atom stereocenters. The molecule has 0 saturated carbocycles. The molecule has 4 aromatic rings. The predicted molar refractivity (Wildman–Crippen MR) is 166 cm³/mol. The van der Waals surface area contributed by atoms with Crippen LogP contribution in [0.15, 0.2) is 109 Å². The Kier molecular flexibility index (Phi) is 12.3. The van der Waals surface area contributed by atoms with Crippen LogP contribution in [0, 0.1) is 0 Å². The monoisotopic (exact) mass is 588 g/mol. The quantitative estimate of drug-likeness (QED) is 0.166. The molecule has 4 nitrogen and oxygen atoms in total. The Morgan fingerprint density at radius 3 is 1.98 bits per heavy atom. The molecule has 0 spiro atoms. The largest absolute Gasteiger partial charge is 0.497 e. The fourth-order valence-electron chi connectivity index (χ4n) is 5.26. The summed E-state index contributed by atoms with van der Waals surface area (Å²) in [4.78, 5) is 0. The molecule has 228 valence electrons. The van der Waals surface area contributed by atoms with E-state index in [1.807, 2.05) is 98.8 Å². The average molecular weight is 589 g/mol. The lowest BCUT2D eigenvalue weighted by Gasteiger charge is -2.39. The minimum atomic E-state index is -3.23. The zero-order valence-corrected chi connectivity index (χ0v) is 25.3. The highest BCUT2D eigenvalue weighted by Crippen LogP contribution is 2.42. The van der Waals surface area contributed by atoms with E-state index in [4.69, 9.17) is 18.9 Å². The molecule has 0 amide bonds. The number of ether oxygens (including phenoxy) is 4. The minimum absolute atomic E-state index is 0.0199. The Labute approximate surface area is 254 Å². The van der Waals surface area contributed by atoms with Crippen molar-refractivity contribution in [2.45, 2.75) is 70.6 Å². The van der Waals surface area contributed by atoms with Gasteiger partial charge in [-0.2, -0.15) is 8.78 Å². The molecule has 43 heavy (non-hydrogen) atoms. The summed E-state index contributed by atoms with van der Waals surface area (Å²) in [5.74, 6) is -2.50. The van der Waals surface area contributed by atoms with Crippen molar-refractivity contribution in [1.82, 2.24) is 0 Å². The van der Waals surface area contributed by atoms with Crippen LogP contribution in [0.25, 0.3) is 0 Å². The first-order chi connectivity index (χ1) is 21.0. The number of benzene rings is 4. The van der Waals surface area contributed by atoms with Crippen LogP contribution in [-0.2, 0) is 39.8 Å². The molecule has 5 rings (SSSR count). The van der Waals surface area contributed by atoms with Gasteiger partial charge in [0.2, 0.25) is 0 Å². The van der Waals surface area contributed by atoms with Crippen molar-refractivity contribution in [2.75, 3.05) is 13.7 Å². The Bertz CT molecular complexity index is 1350. The molecule has 0 aromatic heterocycles. The van der Waals surface area contributed by atoms with Gasteiger partial charge in [0, 0.05) is 18.4 Å². The summed E-state index contributed by atoms with van der Waals surface area (Å²) in [6.07, 6.45) is -1.30. The topological polar surface area (TPSA) is 36.9 Å². The van der Waals surface area contributed by atoms with Gasteiger partial charge >= 0.3 is 0 Å². The van der Waals surface area contributed by atoms with E-state index in [1.165, 1.54) is 6.07 Å². The summed E-state index contributed by atoms with van der Waals surface area (Å²) in [7, 11) is 1.60. The molecule has 1 fully saturated rings. The Balaban J connectivity index is 0.00000207. The van der Waals surface area contributed by atoms with Crippen molar-refractivity contribution >= 4 is 0 Å². The molecule has 1 saturated heterocycles. The lowest BCUT2D eigenvalue weighted by molar-refractivity contribution is -0.219. The van der Waals surface area contributed by atoms with E-state index in [1.54, 1.807) is 25.3 Å². The molecule has 6 heteroatoms. The fraction of sp³-hybridized carbons (Fsp3) is 0.351. The smallest absolute Gasteiger partial charge is 0.299 e. The van der Waals surface area contributed by atoms with Crippen molar-refractivity contribution in [3.63, 3.8) is 0 Å². The Morgan fingerprint density at radius 1 is 0.721 bits per heavy atom. The lowest BCUT2D eigenvalue weighted by Crippen LogP contribution is -2.46. The second kappa shape index (κ2) is 16.3. The van der Waals surface area contributed by atoms with E-state index in [0.717, 1.165) is 22.4 Å². The second-order valence-electron chi connectivity index (χ2n) is 10.4. The van der Waals surface area contributed by atoms with Gasteiger partial charge in [-0.05, 0) is 40.8 Å². The maximum Gasteiger partial charge on any atom is 0.299 e. The number of alkyl halides is 2. The lowest BCUT2D eigenvalue weighted by atomic mass is 9.89. The Hall–Kier alpha value is -3.58. The van der Waals surface area contributed by atoms with E-state index in [9.17, 15) is 0 Å². The molecule has 0 N–H and O–H groups in total. The average Bonchev–Trinajstić information content (AvgIpc) is 3.06. The molecule has 0 aliphatic carbocycles. The highest BCUT2D eigenvalue weighted by molar-refractivity contribution is 5.38. The van der Waals surface area contributed by atoms with Crippen LogP contribution >= 0.6 is 0 Å². The van der Waals surface area contributed by atoms with Gasteiger partial charge in [0.1, 0.15) is 11.9 Å². The molecule has 4 aromatic carbocycles. The van der Waals surface area contributed by atoms with E-state index in [0.29, 0.717) is 31.6 Å². The van der Waals surface area contributed by atoms with Gasteiger partial charge < -0.3 is 18.9 Å². The number of methoxy groups -OCH3 is 1. The van der Waals surface area contributed by atoms with Crippen LogP contribution in [-0.4, -0.2) is 32.0 Å². The SMILES string of the molecule is CC.COc1ccc(Cc2ccccc2C(F)(F)C2CC(OCc3ccccc3)CC(COCc3ccccc3)O2)cc1. The molecule has 1 aliphatic rings. The Morgan fingerprint density at radius 2 is 1.33 bits per heavy atom. The van der Waals surface area contributed by atoms with E-state index in [2.05, 4.69) is 0 Å². The van der Waals surface area contributed by atoms with E-state index < -0.39 is 18.1 Å². The molecule has 0 radical (unpaired) electrons. The van der Waals surface area contributed by atoms with Gasteiger partial charge in [-0.3, -0.25) is 0 Å². The molecule has 1 aliphatic heterocycles. The molecule has 3 atom stereocenters. The van der Waals surface area contributed by atoms with Crippen LogP contribution in [0.1, 0.15) is 54.5 Å². The van der Waals surface area contributed by atoms with Gasteiger partial charge in [-0.1, -0.05) is 111 Å². The van der Waals surface area contributed by atoms with Crippen molar-refractivity contribution in [1.29, 1.82) is 0 Å². The molecule has 1 heterocycles. The fourth-order valence-corrected chi connectivity index (χ4v) is 5.26. The van der Waals surface area contributed by atoms with E-state index in [-0.39, 0.29) is 24.7 Å². The second-order valence-corrected chi connectivity index (χ2v) is 10.4. The van der Waals surface area contributed by atoms with Crippen LogP contribution in [0.5, 0.6) is 5.75 Å². The standard InChI is InChI=1S/C35H36F2O4.C2H6/c1-38-30-18-16-26(17-19-30)20-29-14-8-9-15-33(29)35(36,37)34-22-31(40-24-28-12-6-3-7-13-28)21-32(41-34)25-39-23-27-10-4-2-5-11-27;1-2/h2-19,31-32,34H,20-25H2,1H3;1-2H3. The van der Waals surface area contributed by atoms with Crippen molar-refractivity contribution in [2.24, 2.45) is 0 Å². The first kappa shape index (κ1) is 32.3. The number of hydrogen-bond acceptors (Lipinski definition) is 4. The van der Waals surface area contributed by atoms with Crippen LogP contribution in [0.3, 0.4) is 0 Å². The number of hydrogen-bond donors (Lipinski definition) is 0. The van der Waals surface area contributed by atoms with Gasteiger partial charge in [-0.15, -0.1) is 0 Å².